The van der Waals surface area contributed by atoms with Gasteiger partial charge in [-0.2, -0.15) is 0 Å². The summed E-state index contributed by atoms with van der Waals surface area (Å²) in [5.74, 6) is 0.503. The second kappa shape index (κ2) is 6.51. The van der Waals surface area contributed by atoms with Gasteiger partial charge in [0.2, 0.25) is 0 Å². The van der Waals surface area contributed by atoms with Crippen molar-refractivity contribution in [3.63, 3.8) is 0 Å². The lowest BCUT2D eigenvalue weighted by Crippen LogP contribution is -2.67. The number of nitrogens with zero attached hydrogens (tertiary/aromatic N) is 1. The Kier molecular flexibility index (Phi) is 5.26. The molecule has 1 saturated heterocycles. The zero-order valence-electron chi connectivity index (χ0n) is 8.16. The molecule has 1 atom stereocenters. The topological polar surface area (TPSA) is 101 Å². The van der Waals surface area contributed by atoms with Crippen LogP contribution in [-0.2, 0) is 0 Å². The highest BCUT2D eigenvalue weighted by molar-refractivity contribution is 7.80. The van der Waals surface area contributed by atoms with Gasteiger partial charge in [-0.3, -0.25) is 10.3 Å². The normalized spacial score (nSPS) is 23.2. The third-order valence-electron chi connectivity index (χ3n) is 1.62. The molecule has 1 fully saturated rings. The minimum Gasteiger partial charge on any atom is -0.395 e. The summed E-state index contributed by atoms with van der Waals surface area (Å²) in [6.07, 6.45) is -0.261. The molecule has 0 aliphatic carbocycles. The number of rotatable bonds is 5. The lowest BCUT2D eigenvalue weighted by molar-refractivity contribution is 0.277. The molecule has 0 radical (unpaired) electrons. The molecule has 0 aromatic rings. The molecule has 15 heavy (non-hydrogen) atoms. The average molecular weight is 233 g/mol. The number of aliphatic hydroxyl groups is 2. The number of guanidine groups is 1. The lowest BCUT2D eigenvalue weighted by Gasteiger charge is -2.29. The van der Waals surface area contributed by atoms with E-state index in [1.54, 1.807) is 0 Å². The standard InChI is InChI=1S/C7H15N5O2S/c13-3-1-8-5-10-6(9-2-4-14)12-7(15)11-5/h5,8,13-14H,1-4H2,(H3,9,10,11,12,15). The smallest absolute Gasteiger partial charge is 0.200 e. The van der Waals surface area contributed by atoms with Gasteiger partial charge in [-0.25, -0.2) is 0 Å². The van der Waals surface area contributed by atoms with Crippen molar-refractivity contribution >= 4 is 23.3 Å². The highest BCUT2D eigenvalue weighted by atomic mass is 32.1. The van der Waals surface area contributed by atoms with Gasteiger partial charge < -0.3 is 26.2 Å². The fourth-order valence-corrected chi connectivity index (χ4v) is 1.26. The van der Waals surface area contributed by atoms with Gasteiger partial charge in [-0.05, 0) is 12.2 Å². The van der Waals surface area contributed by atoms with E-state index in [0.29, 0.717) is 24.2 Å². The van der Waals surface area contributed by atoms with Crippen LogP contribution in [0.3, 0.4) is 0 Å². The van der Waals surface area contributed by atoms with Gasteiger partial charge in [-0.1, -0.05) is 0 Å². The molecule has 1 aliphatic heterocycles. The third kappa shape index (κ3) is 4.38. The van der Waals surface area contributed by atoms with E-state index in [-0.39, 0.29) is 19.5 Å². The molecule has 8 heteroatoms. The van der Waals surface area contributed by atoms with Crippen molar-refractivity contribution in [1.82, 2.24) is 21.3 Å². The molecule has 86 valence electrons. The molecule has 7 nitrogen and oxygen atoms in total. The maximum absolute atomic E-state index is 8.64. The molecule has 1 unspecified atom stereocenters. The van der Waals surface area contributed by atoms with Crippen LogP contribution < -0.4 is 21.3 Å². The minimum atomic E-state index is -0.261. The average Bonchev–Trinajstić information content (AvgIpc) is 2.23. The molecule has 1 aliphatic rings. The molecule has 0 spiro atoms. The van der Waals surface area contributed by atoms with E-state index in [9.17, 15) is 0 Å². The number of aliphatic hydroxyl groups excluding tert-OH is 2. The maximum Gasteiger partial charge on any atom is 0.200 e. The van der Waals surface area contributed by atoms with Gasteiger partial charge >= 0.3 is 0 Å². The predicted molar refractivity (Wildman–Crippen MR) is 60.3 cm³/mol. The van der Waals surface area contributed by atoms with Crippen LogP contribution in [0.15, 0.2) is 4.99 Å². The molecule has 1 heterocycles. The number of thiocarbonyl (C=S) groups is 1. The maximum atomic E-state index is 8.64. The van der Waals surface area contributed by atoms with E-state index in [0.717, 1.165) is 0 Å². The third-order valence-corrected chi connectivity index (χ3v) is 1.84. The first-order valence-electron chi connectivity index (χ1n) is 4.60. The molecule has 6 N–H and O–H groups in total. The lowest BCUT2D eigenvalue weighted by atomic mass is 10.6. The Morgan fingerprint density at radius 3 is 2.80 bits per heavy atom. The van der Waals surface area contributed by atoms with Gasteiger partial charge in [0, 0.05) is 6.54 Å². The Bertz CT molecular complexity index is 248. The van der Waals surface area contributed by atoms with Crippen molar-refractivity contribution in [3.05, 3.63) is 0 Å². The van der Waals surface area contributed by atoms with Gasteiger partial charge in [0.05, 0.1) is 19.8 Å². The van der Waals surface area contributed by atoms with E-state index in [2.05, 4.69) is 26.3 Å². The Hall–Kier alpha value is -0.960. The molecule has 0 amide bonds. The zero-order chi connectivity index (χ0) is 11.1. The first-order chi connectivity index (χ1) is 7.26. The number of hydrogen-bond acceptors (Lipinski definition) is 5. The molecule has 0 aromatic heterocycles. The van der Waals surface area contributed by atoms with Crippen LogP contribution in [0.25, 0.3) is 0 Å². The number of hydrogen-bond donors (Lipinski definition) is 6. The van der Waals surface area contributed by atoms with E-state index >= 15 is 0 Å². The Balaban J connectivity index is 2.44. The molecular formula is C7H15N5O2S. The van der Waals surface area contributed by atoms with Crippen LogP contribution in [0.1, 0.15) is 0 Å². The van der Waals surface area contributed by atoms with Crippen LogP contribution in [0.4, 0.5) is 0 Å². The van der Waals surface area contributed by atoms with Crippen molar-refractivity contribution in [3.8, 4) is 0 Å². The van der Waals surface area contributed by atoms with Gasteiger partial charge in [0.15, 0.2) is 17.4 Å². The fraction of sp³-hybridized carbons (Fsp3) is 0.714. The summed E-state index contributed by atoms with van der Waals surface area (Å²) >= 11 is 4.95. The highest BCUT2D eigenvalue weighted by Crippen LogP contribution is 1.84. The molecular weight excluding hydrogens is 218 g/mol. The Labute approximate surface area is 93.0 Å². The summed E-state index contributed by atoms with van der Waals surface area (Å²) in [7, 11) is 0. The molecule has 0 bridgehead atoms. The first-order valence-corrected chi connectivity index (χ1v) is 5.00. The number of aliphatic imine (C=N–C) groups is 1. The van der Waals surface area contributed by atoms with Crippen molar-refractivity contribution in [2.75, 3.05) is 26.3 Å². The first kappa shape index (κ1) is 12.1. The SMILES string of the molecule is OCCN=C1NC(=S)NC(NCCO)N1. The van der Waals surface area contributed by atoms with E-state index in [4.69, 9.17) is 22.4 Å². The van der Waals surface area contributed by atoms with E-state index in [1.165, 1.54) is 0 Å². The van der Waals surface area contributed by atoms with Crippen molar-refractivity contribution < 1.29 is 10.2 Å². The summed E-state index contributed by atoms with van der Waals surface area (Å²) in [6.45, 7) is 0.788. The van der Waals surface area contributed by atoms with Gasteiger partial charge in [0.1, 0.15) is 0 Å². The zero-order valence-corrected chi connectivity index (χ0v) is 8.97. The molecule has 0 aromatic carbocycles. The number of nitrogens with one attached hydrogen (secondary N) is 4. The van der Waals surface area contributed by atoms with E-state index in [1.807, 2.05) is 0 Å². The van der Waals surface area contributed by atoms with Crippen LogP contribution >= 0.6 is 12.2 Å². The highest BCUT2D eigenvalue weighted by Gasteiger charge is 2.17. The minimum absolute atomic E-state index is 0.0121. The largest absolute Gasteiger partial charge is 0.395 e. The fourth-order valence-electron chi connectivity index (χ4n) is 1.04. The summed E-state index contributed by atoms with van der Waals surface area (Å²) in [5.41, 5.74) is 0. The van der Waals surface area contributed by atoms with Gasteiger partial charge in [-0.15, -0.1) is 0 Å². The van der Waals surface area contributed by atoms with Crippen molar-refractivity contribution in [2.45, 2.75) is 6.29 Å². The second-order valence-corrected chi connectivity index (χ2v) is 3.22. The Morgan fingerprint density at radius 1 is 1.33 bits per heavy atom. The van der Waals surface area contributed by atoms with Crippen molar-refractivity contribution in [2.24, 2.45) is 4.99 Å². The van der Waals surface area contributed by atoms with Crippen molar-refractivity contribution in [1.29, 1.82) is 0 Å². The van der Waals surface area contributed by atoms with Crippen LogP contribution in [-0.4, -0.2) is 53.9 Å². The van der Waals surface area contributed by atoms with E-state index < -0.39 is 0 Å². The summed E-state index contributed by atoms with van der Waals surface area (Å²) < 4.78 is 0. The van der Waals surface area contributed by atoms with Crippen LogP contribution in [0, 0.1) is 0 Å². The van der Waals surface area contributed by atoms with Crippen LogP contribution in [0.2, 0.25) is 0 Å². The Morgan fingerprint density at radius 2 is 2.13 bits per heavy atom. The monoisotopic (exact) mass is 233 g/mol. The second-order valence-electron chi connectivity index (χ2n) is 2.81. The summed E-state index contributed by atoms with van der Waals surface area (Å²) in [4.78, 5) is 4.02. The van der Waals surface area contributed by atoms with Crippen LogP contribution in [0.5, 0.6) is 0 Å². The summed E-state index contributed by atoms with van der Waals surface area (Å²) in [6, 6.07) is 0. The quantitative estimate of drug-likeness (QED) is 0.287. The summed E-state index contributed by atoms with van der Waals surface area (Å²) in [5, 5.41) is 29.3. The predicted octanol–water partition coefficient (Wildman–Crippen LogP) is -2.73. The molecule has 1 rings (SSSR count). The molecule has 0 saturated carbocycles. The van der Waals surface area contributed by atoms with Gasteiger partial charge in [0.25, 0.3) is 0 Å².